The monoisotopic (exact) mass is 758 g/mol. The van der Waals surface area contributed by atoms with Gasteiger partial charge in [0.2, 0.25) is 0 Å². The third-order valence-corrected chi connectivity index (χ3v) is 7.37. The fourth-order valence-electron chi connectivity index (χ4n) is 4.52. The summed E-state index contributed by atoms with van der Waals surface area (Å²) in [5.41, 5.74) is 5.34. The minimum Gasteiger partial charge on any atom is -0.379 e. The zero-order chi connectivity index (χ0) is 37.4. The number of rotatable bonds is 49. The lowest BCUT2D eigenvalue weighted by Crippen LogP contribution is -2.16. The molecule has 0 spiro atoms. The van der Waals surface area contributed by atoms with Crippen LogP contribution in [0.15, 0.2) is 0 Å². The summed E-state index contributed by atoms with van der Waals surface area (Å²) in [6.45, 7) is 17.0. The topological polar surface area (TPSA) is 146 Å². The van der Waals surface area contributed by atoms with Crippen LogP contribution in [0.1, 0.15) is 71.1 Å². The molecule has 2 N–H and O–H groups in total. The Labute approximate surface area is 316 Å². The van der Waals surface area contributed by atoms with Gasteiger partial charge in [-0.1, -0.05) is 64.7 Å². The van der Waals surface area contributed by atoms with Gasteiger partial charge in [0, 0.05) is 13.2 Å². The van der Waals surface area contributed by atoms with Crippen molar-refractivity contribution in [3.63, 3.8) is 0 Å². The Hall–Kier alpha value is -0.560. The van der Waals surface area contributed by atoms with Crippen molar-refractivity contribution < 1.29 is 61.6 Å². The molecular weight excluding hydrogens is 678 g/mol. The molecule has 0 rings (SSSR count). The molecule has 0 aromatic carbocycles. The average molecular weight is 758 g/mol. The van der Waals surface area contributed by atoms with Gasteiger partial charge >= 0.3 is 0 Å². The molecule has 14 nitrogen and oxygen atoms in total. The van der Waals surface area contributed by atoms with Crippen LogP contribution in [0.3, 0.4) is 0 Å². The molecule has 314 valence electrons. The molecule has 0 radical (unpaired) electrons. The van der Waals surface area contributed by atoms with Crippen molar-refractivity contribution in [2.45, 2.75) is 71.1 Å². The molecule has 0 fully saturated rings. The van der Waals surface area contributed by atoms with E-state index in [1.807, 2.05) is 0 Å². The van der Waals surface area contributed by atoms with Gasteiger partial charge in [-0.05, 0) is 6.42 Å². The first kappa shape index (κ1) is 51.4. The fraction of sp³-hybridized carbons (Fsp3) is 1.00. The summed E-state index contributed by atoms with van der Waals surface area (Å²) >= 11 is 0. The molecule has 0 amide bonds. The summed E-state index contributed by atoms with van der Waals surface area (Å²) in [5, 5.41) is 0. The maximum atomic E-state index is 5.65. The smallest absolute Gasteiger partial charge is 0.0701 e. The number of unbranched alkanes of at least 4 members (excludes halogenated alkanes) is 9. The Balaban J connectivity index is 3.04. The predicted molar refractivity (Wildman–Crippen MR) is 202 cm³/mol. The molecule has 0 aliphatic heterocycles. The SMILES string of the molecule is CCCCCCCCCCCCOCCOCCOCCOCCOCCOCCOCCOCCOCCOCCOCCOCCOCCN. The Morgan fingerprint density at radius 3 is 0.596 bits per heavy atom. The molecule has 0 aromatic rings. The van der Waals surface area contributed by atoms with E-state index >= 15 is 0 Å². The summed E-state index contributed by atoms with van der Waals surface area (Å²) in [5.74, 6) is 0. The van der Waals surface area contributed by atoms with E-state index in [-0.39, 0.29) is 0 Å². The molecule has 0 aliphatic carbocycles. The highest BCUT2D eigenvalue weighted by Crippen LogP contribution is 2.10. The third kappa shape index (κ3) is 49.4. The summed E-state index contributed by atoms with van der Waals surface area (Å²) in [7, 11) is 0. The number of hydrogen-bond acceptors (Lipinski definition) is 14. The van der Waals surface area contributed by atoms with Crippen molar-refractivity contribution >= 4 is 0 Å². The van der Waals surface area contributed by atoms with Crippen LogP contribution >= 0.6 is 0 Å². The first-order chi connectivity index (χ1) is 25.9. The molecule has 0 unspecified atom stereocenters. The van der Waals surface area contributed by atoms with Gasteiger partial charge in [0.15, 0.2) is 0 Å². The van der Waals surface area contributed by atoms with Gasteiger partial charge in [-0.15, -0.1) is 0 Å². The van der Waals surface area contributed by atoms with Gasteiger partial charge in [-0.25, -0.2) is 0 Å². The van der Waals surface area contributed by atoms with Crippen LogP contribution in [0.5, 0.6) is 0 Å². The Morgan fingerprint density at radius 1 is 0.212 bits per heavy atom. The standard InChI is InChI=1S/C38H79NO13/c1-2-3-4-5-6-7-8-9-10-11-13-40-15-17-42-19-21-44-23-25-46-27-29-48-31-33-50-35-37-52-38-36-51-34-32-49-30-28-47-26-24-45-22-20-43-18-16-41-14-12-39/h2-39H2,1H3. The van der Waals surface area contributed by atoms with Gasteiger partial charge in [-0.2, -0.15) is 0 Å². The lowest BCUT2D eigenvalue weighted by Gasteiger charge is -2.09. The zero-order valence-electron chi connectivity index (χ0n) is 33.0. The first-order valence-corrected chi connectivity index (χ1v) is 20.1. The van der Waals surface area contributed by atoms with E-state index in [4.69, 9.17) is 67.3 Å². The van der Waals surface area contributed by atoms with E-state index in [1.165, 1.54) is 57.8 Å². The van der Waals surface area contributed by atoms with E-state index in [2.05, 4.69) is 6.92 Å². The second kappa shape index (κ2) is 50.4. The highest BCUT2D eigenvalue weighted by molar-refractivity contribution is 4.48. The third-order valence-electron chi connectivity index (χ3n) is 7.37. The van der Waals surface area contributed by atoms with Gasteiger partial charge in [0.05, 0.1) is 165 Å². The molecule has 0 aromatic heterocycles. The second-order valence-corrected chi connectivity index (χ2v) is 11.9. The maximum absolute atomic E-state index is 5.65. The van der Waals surface area contributed by atoms with E-state index in [0.29, 0.717) is 172 Å². The molecule has 0 heterocycles. The van der Waals surface area contributed by atoms with Crippen LogP contribution in [-0.2, 0) is 61.6 Å². The quantitative estimate of drug-likeness (QED) is 0.0890. The van der Waals surface area contributed by atoms with Crippen LogP contribution in [0.25, 0.3) is 0 Å². The largest absolute Gasteiger partial charge is 0.379 e. The summed E-state index contributed by atoms with van der Waals surface area (Å²) in [6.07, 6.45) is 13.4. The fourth-order valence-corrected chi connectivity index (χ4v) is 4.52. The minimum absolute atomic E-state index is 0.512. The van der Waals surface area contributed by atoms with E-state index in [1.54, 1.807) is 0 Å². The van der Waals surface area contributed by atoms with E-state index < -0.39 is 0 Å². The van der Waals surface area contributed by atoms with Crippen molar-refractivity contribution in [2.75, 3.05) is 178 Å². The molecule has 0 aliphatic rings. The van der Waals surface area contributed by atoms with Crippen LogP contribution < -0.4 is 5.73 Å². The molecule has 0 atom stereocenters. The molecule has 52 heavy (non-hydrogen) atoms. The normalized spacial score (nSPS) is 11.7. The highest BCUT2D eigenvalue weighted by Gasteiger charge is 1.98. The van der Waals surface area contributed by atoms with Crippen LogP contribution in [0.2, 0.25) is 0 Å². The molecule has 0 saturated heterocycles. The molecular formula is C38H79NO13. The van der Waals surface area contributed by atoms with Crippen molar-refractivity contribution in [3.8, 4) is 0 Å². The number of nitrogens with two attached hydrogens (primary N) is 1. The molecule has 0 saturated carbocycles. The van der Waals surface area contributed by atoms with Crippen LogP contribution in [0, 0.1) is 0 Å². The van der Waals surface area contributed by atoms with Gasteiger partial charge in [0.25, 0.3) is 0 Å². The van der Waals surface area contributed by atoms with Crippen LogP contribution in [0.4, 0.5) is 0 Å². The Bertz CT molecular complexity index is 563. The summed E-state index contributed by atoms with van der Waals surface area (Å²) in [6, 6.07) is 0. The lowest BCUT2D eigenvalue weighted by molar-refractivity contribution is -0.0290. The first-order valence-electron chi connectivity index (χ1n) is 20.1. The van der Waals surface area contributed by atoms with Crippen molar-refractivity contribution in [3.05, 3.63) is 0 Å². The van der Waals surface area contributed by atoms with Crippen molar-refractivity contribution in [1.82, 2.24) is 0 Å². The van der Waals surface area contributed by atoms with E-state index in [9.17, 15) is 0 Å². The van der Waals surface area contributed by atoms with E-state index in [0.717, 1.165) is 13.0 Å². The van der Waals surface area contributed by atoms with Crippen LogP contribution in [-0.4, -0.2) is 178 Å². The number of ether oxygens (including phenoxy) is 13. The van der Waals surface area contributed by atoms with Crippen molar-refractivity contribution in [1.29, 1.82) is 0 Å². The average Bonchev–Trinajstić information content (AvgIpc) is 3.16. The Kier molecular flexibility index (Phi) is 49.9. The van der Waals surface area contributed by atoms with Gasteiger partial charge in [0.1, 0.15) is 0 Å². The highest BCUT2D eigenvalue weighted by atomic mass is 16.6. The molecule has 0 bridgehead atoms. The summed E-state index contributed by atoms with van der Waals surface area (Å²) in [4.78, 5) is 0. The molecule has 14 heteroatoms. The lowest BCUT2D eigenvalue weighted by atomic mass is 10.1. The van der Waals surface area contributed by atoms with Gasteiger partial charge in [-0.3, -0.25) is 0 Å². The second-order valence-electron chi connectivity index (χ2n) is 11.9. The number of hydrogen-bond donors (Lipinski definition) is 1. The maximum Gasteiger partial charge on any atom is 0.0701 e. The zero-order valence-corrected chi connectivity index (χ0v) is 33.0. The van der Waals surface area contributed by atoms with Crippen molar-refractivity contribution in [2.24, 2.45) is 5.73 Å². The summed E-state index contributed by atoms with van der Waals surface area (Å²) < 4.78 is 71.2. The predicted octanol–water partition coefficient (Wildman–Crippen LogP) is 4.08. The van der Waals surface area contributed by atoms with Gasteiger partial charge < -0.3 is 67.3 Å². The minimum atomic E-state index is 0.512. The Morgan fingerprint density at radius 2 is 0.385 bits per heavy atom.